The molecule has 2 N–H and O–H groups in total. The van der Waals surface area contributed by atoms with Gasteiger partial charge in [-0.2, -0.15) is 0 Å². The summed E-state index contributed by atoms with van der Waals surface area (Å²) in [5.41, 5.74) is 1.14. The highest BCUT2D eigenvalue weighted by Crippen LogP contribution is 2.16. The summed E-state index contributed by atoms with van der Waals surface area (Å²) in [6, 6.07) is 1.52. The number of nitrogens with one attached hydrogen (secondary N) is 2. The van der Waals surface area contributed by atoms with Crippen molar-refractivity contribution >= 4 is 11.7 Å². The second kappa shape index (κ2) is 6.25. The Balaban J connectivity index is 1.60. The molecular weight excluding hydrogens is 320 g/mol. The molecule has 0 saturated carbocycles. The number of carbonyl (C=O) groups excluding carboxylic acids is 1. The topological polar surface area (TPSA) is 102 Å². The molecule has 4 rings (SSSR count). The summed E-state index contributed by atoms with van der Waals surface area (Å²) in [5, 5.41) is 14.9. The largest absolute Gasteiger partial charge is 0.341 e. The van der Waals surface area contributed by atoms with Gasteiger partial charge < -0.3 is 15.2 Å². The molecule has 4 heterocycles. The van der Waals surface area contributed by atoms with Crippen LogP contribution in [-0.2, 0) is 13.0 Å². The number of rotatable bonds is 3. The first-order valence-corrected chi connectivity index (χ1v) is 8.38. The van der Waals surface area contributed by atoms with Crippen molar-refractivity contribution in [3.8, 4) is 0 Å². The SMILES string of the molecule is Cc1nc2ncccn2c1C(=O)NC(C)c1nnc2n1CCNCC2. The average Bonchev–Trinajstić information content (AvgIpc) is 3.06. The van der Waals surface area contributed by atoms with Crippen LogP contribution in [0, 0.1) is 6.92 Å². The molecule has 1 atom stereocenters. The minimum Gasteiger partial charge on any atom is -0.341 e. The maximum Gasteiger partial charge on any atom is 0.270 e. The lowest BCUT2D eigenvalue weighted by atomic mass is 10.2. The van der Waals surface area contributed by atoms with Crippen molar-refractivity contribution in [3.63, 3.8) is 0 Å². The molecule has 9 nitrogen and oxygen atoms in total. The second-order valence-electron chi connectivity index (χ2n) is 6.16. The third-order valence-electron chi connectivity index (χ3n) is 4.42. The molecule has 130 valence electrons. The van der Waals surface area contributed by atoms with E-state index in [4.69, 9.17) is 0 Å². The monoisotopic (exact) mass is 340 g/mol. The van der Waals surface area contributed by atoms with Gasteiger partial charge in [-0.05, 0) is 19.9 Å². The van der Waals surface area contributed by atoms with Crippen LogP contribution in [0.25, 0.3) is 5.78 Å². The Kier molecular flexibility index (Phi) is 3.92. The van der Waals surface area contributed by atoms with E-state index in [0.29, 0.717) is 17.2 Å². The van der Waals surface area contributed by atoms with E-state index in [1.54, 1.807) is 22.9 Å². The molecule has 1 aliphatic rings. The highest BCUT2D eigenvalue weighted by molar-refractivity contribution is 5.94. The lowest BCUT2D eigenvalue weighted by Crippen LogP contribution is -2.30. The van der Waals surface area contributed by atoms with Crippen LogP contribution in [0.15, 0.2) is 18.5 Å². The van der Waals surface area contributed by atoms with Crippen molar-refractivity contribution in [3.05, 3.63) is 41.5 Å². The minimum absolute atomic E-state index is 0.199. The highest BCUT2D eigenvalue weighted by Gasteiger charge is 2.23. The number of nitrogens with zero attached hydrogens (tertiary/aromatic N) is 6. The van der Waals surface area contributed by atoms with Crippen molar-refractivity contribution in [2.45, 2.75) is 32.9 Å². The van der Waals surface area contributed by atoms with Gasteiger partial charge in [-0.1, -0.05) is 0 Å². The number of amides is 1. The van der Waals surface area contributed by atoms with Crippen molar-refractivity contribution in [1.82, 2.24) is 39.8 Å². The summed E-state index contributed by atoms with van der Waals surface area (Å²) in [5.74, 6) is 2.04. The number of hydrogen-bond donors (Lipinski definition) is 2. The summed E-state index contributed by atoms with van der Waals surface area (Å²) < 4.78 is 3.79. The number of aromatic nitrogens is 6. The van der Waals surface area contributed by atoms with Crippen LogP contribution in [-0.4, -0.2) is 48.1 Å². The van der Waals surface area contributed by atoms with Crippen molar-refractivity contribution < 1.29 is 4.79 Å². The summed E-state index contributed by atoms with van der Waals surface area (Å²) in [6.07, 6.45) is 4.29. The van der Waals surface area contributed by atoms with E-state index in [2.05, 4.69) is 35.4 Å². The zero-order valence-corrected chi connectivity index (χ0v) is 14.2. The van der Waals surface area contributed by atoms with E-state index < -0.39 is 0 Å². The second-order valence-corrected chi connectivity index (χ2v) is 6.16. The number of hydrogen-bond acceptors (Lipinski definition) is 6. The first-order valence-electron chi connectivity index (χ1n) is 8.38. The Labute approximate surface area is 144 Å². The van der Waals surface area contributed by atoms with E-state index in [1.807, 2.05) is 13.8 Å². The Hall–Kier alpha value is -2.81. The molecule has 0 aromatic carbocycles. The van der Waals surface area contributed by atoms with Crippen LogP contribution in [0.2, 0.25) is 0 Å². The number of carbonyl (C=O) groups is 1. The van der Waals surface area contributed by atoms with Crippen LogP contribution in [0.5, 0.6) is 0 Å². The third kappa shape index (κ3) is 2.76. The average molecular weight is 340 g/mol. The van der Waals surface area contributed by atoms with Gasteiger partial charge in [0.2, 0.25) is 5.78 Å². The number of imidazole rings is 1. The summed E-state index contributed by atoms with van der Waals surface area (Å²) >= 11 is 0. The summed E-state index contributed by atoms with van der Waals surface area (Å²) in [4.78, 5) is 21.3. The molecule has 25 heavy (non-hydrogen) atoms. The van der Waals surface area contributed by atoms with Gasteiger partial charge in [0, 0.05) is 38.4 Å². The van der Waals surface area contributed by atoms with Gasteiger partial charge in [0.05, 0.1) is 11.7 Å². The highest BCUT2D eigenvalue weighted by atomic mass is 16.2. The quantitative estimate of drug-likeness (QED) is 0.709. The zero-order valence-electron chi connectivity index (χ0n) is 14.2. The molecule has 1 amide bonds. The molecule has 0 spiro atoms. The summed E-state index contributed by atoms with van der Waals surface area (Å²) in [7, 11) is 0. The maximum absolute atomic E-state index is 12.8. The fraction of sp³-hybridized carbons (Fsp3) is 0.438. The Morgan fingerprint density at radius 2 is 2.24 bits per heavy atom. The van der Waals surface area contributed by atoms with Gasteiger partial charge in [0.15, 0.2) is 5.82 Å². The molecule has 3 aromatic heterocycles. The van der Waals surface area contributed by atoms with E-state index in [0.717, 1.165) is 37.7 Å². The lowest BCUT2D eigenvalue weighted by Gasteiger charge is -2.15. The van der Waals surface area contributed by atoms with Gasteiger partial charge in [-0.3, -0.25) is 9.20 Å². The predicted octanol–water partition coefficient (Wildman–Crippen LogP) is 0.266. The molecule has 0 aliphatic carbocycles. The lowest BCUT2D eigenvalue weighted by molar-refractivity contribution is 0.0931. The molecule has 0 fully saturated rings. The predicted molar refractivity (Wildman–Crippen MR) is 90.2 cm³/mol. The fourth-order valence-electron chi connectivity index (χ4n) is 3.22. The molecular formula is C16H20N8O. The number of fused-ring (bicyclic) bond motifs is 2. The third-order valence-corrected chi connectivity index (χ3v) is 4.42. The van der Waals surface area contributed by atoms with E-state index in [1.165, 1.54) is 0 Å². The Morgan fingerprint density at radius 1 is 1.36 bits per heavy atom. The maximum atomic E-state index is 12.8. The molecule has 0 bridgehead atoms. The van der Waals surface area contributed by atoms with Gasteiger partial charge in [-0.25, -0.2) is 9.97 Å². The zero-order chi connectivity index (χ0) is 17.4. The Morgan fingerprint density at radius 3 is 3.12 bits per heavy atom. The molecule has 3 aromatic rings. The molecule has 0 saturated heterocycles. The van der Waals surface area contributed by atoms with Crippen molar-refractivity contribution in [1.29, 1.82) is 0 Å². The first kappa shape index (κ1) is 15.7. The van der Waals surface area contributed by atoms with Crippen LogP contribution >= 0.6 is 0 Å². The van der Waals surface area contributed by atoms with Gasteiger partial charge in [-0.15, -0.1) is 10.2 Å². The standard InChI is InChI=1S/C16H20N8O/c1-10-13(24-8-3-5-18-16(24)20-10)15(25)19-11(2)14-22-21-12-4-6-17-7-9-23(12)14/h3,5,8,11,17H,4,6-7,9H2,1-2H3,(H,19,25). The smallest absolute Gasteiger partial charge is 0.270 e. The molecule has 1 unspecified atom stereocenters. The van der Waals surface area contributed by atoms with Crippen LogP contribution in [0.3, 0.4) is 0 Å². The molecule has 9 heteroatoms. The van der Waals surface area contributed by atoms with E-state index in [-0.39, 0.29) is 11.9 Å². The first-order chi connectivity index (χ1) is 12.1. The molecule has 0 radical (unpaired) electrons. The van der Waals surface area contributed by atoms with E-state index >= 15 is 0 Å². The van der Waals surface area contributed by atoms with E-state index in [9.17, 15) is 4.79 Å². The normalized spacial score (nSPS) is 15.6. The van der Waals surface area contributed by atoms with Crippen LogP contribution in [0.4, 0.5) is 0 Å². The van der Waals surface area contributed by atoms with Crippen LogP contribution < -0.4 is 10.6 Å². The van der Waals surface area contributed by atoms with Crippen molar-refractivity contribution in [2.75, 3.05) is 13.1 Å². The fourth-order valence-corrected chi connectivity index (χ4v) is 3.22. The minimum atomic E-state index is -0.256. The Bertz CT molecular complexity index is 928. The van der Waals surface area contributed by atoms with Crippen molar-refractivity contribution in [2.24, 2.45) is 0 Å². The van der Waals surface area contributed by atoms with Gasteiger partial charge in [0.1, 0.15) is 11.5 Å². The summed E-state index contributed by atoms with van der Waals surface area (Å²) in [6.45, 7) is 6.30. The van der Waals surface area contributed by atoms with Crippen LogP contribution in [0.1, 0.15) is 40.8 Å². The van der Waals surface area contributed by atoms with Gasteiger partial charge >= 0.3 is 0 Å². The number of aryl methyl sites for hydroxylation is 1. The molecule has 1 aliphatic heterocycles. The van der Waals surface area contributed by atoms with Gasteiger partial charge in [0.25, 0.3) is 5.91 Å².